The monoisotopic (exact) mass is 308 g/mol. The standard InChI is InChI=1S/C16H20O6/c1-19-9-10-21-12-22-14-8-7-13(11-15(14)20-2)5-3-4-6-16(17)18/h3-8,11H,9-10,12H2,1-2H3,(H,17,18)/b5-3+,6-4+. The smallest absolute Gasteiger partial charge is 0.328 e. The van der Waals surface area contributed by atoms with E-state index in [0.717, 1.165) is 11.6 Å². The molecule has 0 unspecified atom stereocenters. The second-order valence-corrected chi connectivity index (χ2v) is 4.13. The van der Waals surface area contributed by atoms with Gasteiger partial charge in [-0.05, 0) is 17.7 Å². The van der Waals surface area contributed by atoms with Gasteiger partial charge in [-0.15, -0.1) is 0 Å². The van der Waals surface area contributed by atoms with Crippen molar-refractivity contribution in [2.75, 3.05) is 34.2 Å². The summed E-state index contributed by atoms with van der Waals surface area (Å²) in [4.78, 5) is 10.3. The van der Waals surface area contributed by atoms with Crippen molar-refractivity contribution in [1.29, 1.82) is 0 Å². The molecule has 0 aliphatic heterocycles. The van der Waals surface area contributed by atoms with Crippen molar-refractivity contribution < 1.29 is 28.8 Å². The van der Waals surface area contributed by atoms with Crippen LogP contribution < -0.4 is 9.47 Å². The molecule has 0 bridgehead atoms. The van der Waals surface area contributed by atoms with Crippen molar-refractivity contribution in [2.24, 2.45) is 0 Å². The Morgan fingerprint density at radius 1 is 1.18 bits per heavy atom. The Morgan fingerprint density at radius 2 is 2.00 bits per heavy atom. The molecule has 0 spiro atoms. The molecule has 0 aliphatic rings. The maximum absolute atomic E-state index is 10.3. The van der Waals surface area contributed by atoms with Crippen molar-refractivity contribution in [2.45, 2.75) is 0 Å². The molecular weight excluding hydrogens is 288 g/mol. The zero-order chi connectivity index (χ0) is 16.2. The Hall–Kier alpha value is -2.31. The topological polar surface area (TPSA) is 74.2 Å². The number of carboxylic acid groups (broad SMARTS) is 1. The van der Waals surface area contributed by atoms with Gasteiger partial charge in [-0.3, -0.25) is 0 Å². The number of carboxylic acids is 1. The highest BCUT2D eigenvalue weighted by Crippen LogP contribution is 2.28. The van der Waals surface area contributed by atoms with Gasteiger partial charge >= 0.3 is 5.97 Å². The van der Waals surface area contributed by atoms with Crippen LogP contribution in [0.5, 0.6) is 11.5 Å². The fraction of sp³-hybridized carbons (Fsp3) is 0.312. The van der Waals surface area contributed by atoms with E-state index in [1.54, 1.807) is 38.5 Å². The molecule has 0 saturated carbocycles. The minimum absolute atomic E-state index is 0.107. The number of aliphatic carboxylic acids is 1. The highest BCUT2D eigenvalue weighted by atomic mass is 16.7. The maximum atomic E-state index is 10.3. The van der Waals surface area contributed by atoms with E-state index in [1.165, 1.54) is 6.08 Å². The van der Waals surface area contributed by atoms with Gasteiger partial charge in [0.2, 0.25) is 0 Å². The molecule has 0 saturated heterocycles. The molecule has 1 rings (SSSR count). The van der Waals surface area contributed by atoms with Gasteiger partial charge < -0.3 is 24.1 Å². The van der Waals surface area contributed by atoms with Gasteiger partial charge in [0.15, 0.2) is 18.3 Å². The molecule has 0 amide bonds. The van der Waals surface area contributed by atoms with Crippen LogP contribution in [0.1, 0.15) is 5.56 Å². The normalized spacial score (nSPS) is 11.2. The number of carbonyl (C=O) groups is 1. The molecular formula is C16H20O6. The molecule has 120 valence electrons. The van der Waals surface area contributed by atoms with E-state index < -0.39 is 5.97 Å². The van der Waals surface area contributed by atoms with E-state index in [-0.39, 0.29) is 6.79 Å². The summed E-state index contributed by atoms with van der Waals surface area (Å²) in [6.45, 7) is 1.07. The van der Waals surface area contributed by atoms with E-state index in [0.29, 0.717) is 24.7 Å². The van der Waals surface area contributed by atoms with Gasteiger partial charge in [0.05, 0.1) is 20.3 Å². The van der Waals surface area contributed by atoms with E-state index in [1.807, 2.05) is 6.07 Å². The van der Waals surface area contributed by atoms with Crippen LogP contribution in [0.2, 0.25) is 0 Å². The first-order valence-electron chi connectivity index (χ1n) is 6.62. The minimum atomic E-state index is -0.987. The van der Waals surface area contributed by atoms with Crippen LogP contribution in [-0.4, -0.2) is 45.3 Å². The summed E-state index contributed by atoms with van der Waals surface area (Å²) in [5.41, 5.74) is 0.861. The van der Waals surface area contributed by atoms with Crippen molar-refractivity contribution >= 4 is 12.0 Å². The lowest BCUT2D eigenvalue weighted by Gasteiger charge is -2.11. The summed E-state index contributed by atoms with van der Waals surface area (Å²) in [5, 5.41) is 8.49. The molecule has 0 radical (unpaired) electrons. The average Bonchev–Trinajstić information content (AvgIpc) is 2.52. The third kappa shape index (κ3) is 6.92. The van der Waals surface area contributed by atoms with Crippen LogP contribution >= 0.6 is 0 Å². The summed E-state index contributed by atoms with van der Waals surface area (Å²) in [6, 6.07) is 5.38. The van der Waals surface area contributed by atoms with E-state index in [9.17, 15) is 4.79 Å². The predicted molar refractivity (Wildman–Crippen MR) is 82.1 cm³/mol. The Kier molecular flexibility index (Phi) is 8.40. The lowest BCUT2D eigenvalue weighted by atomic mass is 10.2. The SMILES string of the molecule is COCCOCOc1ccc(/C=C/C=C/C(=O)O)cc1OC. The van der Waals surface area contributed by atoms with Crippen LogP contribution in [0, 0.1) is 0 Å². The highest BCUT2D eigenvalue weighted by molar-refractivity contribution is 5.80. The lowest BCUT2D eigenvalue weighted by Crippen LogP contribution is -2.08. The van der Waals surface area contributed by atoms with E-state index in [2.05, 4.69) is 0 Å². The number of allylic oxidation sites excluding steroid dienone is 2. The van der Waals surface area contributed by atoms with Gasteiger partial charge in [0.1, 0.15) is 0 Å². The number of methoxy groups -OCH3 is 2. The average molecular weight is 308 g/mol. The lowest BCUT2D eigenvalue weighted by molar-refractivity contribution is -0.131. The zero-order valence-corrected chi connectivity index (χ0v) is 12.7. The molecule has 6 heteroatoms. The summed E-state index contributed by atoms with van der Waals surface area (Å²) < 4.78 is 20.8. The number of hydrogen-bond donors (Lipinski definition) is 1. The van der Waals surface area contributed by atoms with Crippen LogP contribution in [0.25, 0.3) is 6.08 Å². The molecule has 1 aromatic rings. The third-order valence-electron chi connectivity index (χ3n) is 2.56. The molecule has 6 nitrogen and oxygen atoms in total. The fourth-order valence-corrected chi connectivity index (χ4v) is 1.52. The first-order chi connectivity index (χ1) is 10.7. The molecule has 0 atom stereocenters. The third-order valence-corrected chi connectivity index (χ3v) is 2.56. The maximum Gasteiger partial charge on any atom is 0.328 e. The highest BCUT2D eigenvalue weighted by Gasteiger charge is 2.04. The van der Waals surface area contributed by atoms with Crippen molar-refractivity contribution in [3.8, 4) is 11.5 Å². The molecule has 0 fully saturated rings. The molecule has 0 aliphatic carbocycles. The quantitative estimate of drug-likeness (QED) is 0.309. The number of hydrogen-bond acceptors (Lipinski definition) is 5. The van der Waals surface area contributed by atoms with Gasteiger partial charge in [-0.2, -0.15) is 0 Å². The Morgan fingerprint density at radius 3 is 2.68 bits per heavy atom. The largest absolute Gasteiger partial charge is 0.493 e. The van der Waals surface area contributed by atoms with Crippen LogP contribution in [0.15, 0.2) is 36.4 Å². The molecule has 0 aromatic heterocycles. The molecule has 22 heavy (non-hydrogen) atoms. The number of ether oxygens (including phenoxy) is 4. The van der Waals surface area contributed by atoms with Crippen LogP contribution in [0.4, 0.5) is 0 Å². The van der Waals surface area contributed by atoms with Crippen molar-refractivity contribution in [1.82, 2.24) is 0 Å². The second-order valence-electron chi connectivity index (χ2n) is 4.13. The van der Waals surface area contributed by atoms with Gasteiger partial charge in [0.25, 0.3) is 0 Å². The van der Waals surface area contributed by atoms with Crippen LogP contribution in [0.3, 0.4) is 0 Å². The van der Waals surface area contributed by atoms with E-state index >= 15 is 0 Å². The van der Waals surface area contributed by atoms with Gasteiger partial charge in [0, 0.05) is 13.2 Å². The minimum Gasteiger partial charge on any atom is -0.493 e. The zero-order valence-electron chi connectivity index (χ0n) is 12.7. The summed E-state index contributed by atoms with van der Waals surface area (Å²) in [5.74, 6) is 0.150. The van der Waals surface area contributed by atoms with E-state index in [4.69, 9.17) is 24.1 Å². The second kappa shape index (κ2) is 10.4. The number of rotatable bonds is 10. The number of benzene rings is 1. The molecule has 1 aromatic carbocycles. The Balaban J connectivity index is 2.60. The summed E-state index contributed by atoms with van der Waals surface area (Å²) in [6.07, 6.45) is 5.91. The molecule has 0 heterocycles. The molecule has 1 N–H and O–H groups in total. The Bertz CT molecular complexity index is 521. The van der Waals surface area contributed by atoms with Gasteiger partial charge in [-0.1, -0.05) is 24.3 Å². The first-order valence-corrected chi connectivity index (χ1v) is 6.62. The van der Waals surface area contributed by atoms with Crippen molar-refractivity contribution in [3.05, 3.63) is 42.0 Å². The van der Waals surface area contributed by atoms with Crippen molar-refractivity contribution in [3.63, 3.8) is 0 Å². The first kappa shape index (κ1) is 17.7. The van der Waals surface area contributed by atoms with Gasteiger partial charge in [-0.25, -0.2) is 4.79 Å². The predicted octanol–water partition coefficient (Wildman–Crippen LogP) is 2.35. The Labute approximate surface area is 129 Å². The fourth-order valence-electron chi connectivity index (χ4n) is 1.52. The summed E-state index contributed by atoms with van der Waals surface area (Å²) in [7, 11) is 3.15. The summed E-state index contributed by atoms with van der Waals surface area (Å²) >= 11 is 0. The van der Waals surface area contributed by atoms with Crippen LogP contribution in [-0.2, 0) is 14.3 Å².